The number of benzene rings is 2. The summed E-state index contributed by atoms with van der Waals surface area (Å²) in [5.74, 6) is -0.983. The Balaban J connectivity index is 2.11. The molecule has 0 amide bonds. The van der Waals surface area contributed by atoms with E-state index in [1.165, 1.54) is 35.5 Å². The van der Waals surface area contributed by atoms with E-state index in [4.69, 9.17) is 4.74 Å². The van der Waals surface area contributed by atoms with Gasteiger partial charge in [0.2, 0.25) is 15.8 Å². The van der Waals surface area contributed by atoms with Gasteiger partial charge in [-0.25, -0.2) is 13.2 Å². The highest BCUT2D eigenvalue weighted by atomic mass is 32.2. The molecule has 144 valence electrons. The number of rotatable bonds is 8. The van der Waals surface area contributed by atoms with Gasteiger partial charge in [-0.2, -0.15) is 4.31 Å². The number of esters is 1. The Bertz CT molecular complexity index is 888. The zero-order valence-electron chi connectivity index (χ0n) is 15.6. The average Bonchev–Trinajstić information content (AvgIpc) is 2.68. The first-order valence-corrected chi connectivity index (χ1v) is 10.2. The minimum absolute atomic E-state index is 0.108. The molecule has 0 aliphatic heterocycles. The van der Waals surface area contributed by atoms with Crippen LogP contribution < -0.4 is 0 Å². The summed E-state index contributed by atoms with van der Waals surface area (Å²) in [6, 6.07) is 14.1. The molecular formula is C20H23NO5S. The summed E-state index contributed by atoms with van der Waals surface area (Å²) in [4.78, 5) is 24.6. The van der Waals surface area contributed by atoms with Crippen LogP contribution in [0.15, 0.2) is 59.5 Å². The molecule has 0 N–H and O–H groups in total. The van der Waals surface area contributed by atoms with Gasteiger partial charge < -0.3 is 4.74 Å². The number of sulfonamides is 1. The maximum atomic E-state index is 12.5. The number of ether oxygens (including phenoxy) is 1. The van der Waals surface area contributed by atoms with Gasteiger partial charge in [0, 0.05) is 18.7 Å². The second-order valence-electron chi connectivity index (χ2n) is 5.89. The molecule has 0 radical (unpaired) electrons. The summed E-state index contributed by atoms with van der Waals surface area (Å²) in [7, 11) is -3.59. The fourth-order valence-corrected chi connectivity index (χ4v) is 4.05. The van der Waals surface area contributed by atoms with E-state index in [-0.39, 0.29) is 16.2 Å². The Morgan fingerprint density at radius 2 is 1.48 bits per heavy atom. The van der Waals surface area contributed by atoms with Crippen LogP contribution in [0.1, 0.15) is 41.5 Å². The highest BCUT2D eigenvalue weighted by molar-refractivity contribution is 7.89. The Labute approximate surface area is 159 Å². The second kappa shape index (κ2) is 8.92. The van der Waals surface area contributed by atoms with Gasteiger partial charge in [-0.3, -0.25) is 4.79 Å². The van der Waals surface area contributed by atoms with Crippen LogP contribution >= 0.6 is 0 Å². The van der Waals surface area contributed by atoms with Crippen molar-refractivity contribution in [2.24, 2.45) is 0 Å². The SMILES string of the molecule is CCN(CC)S(=O)(=O)c1ccc(C(=O)O[C@@H](C)C(=O)c2ccccc2)cc1. The number of hydrogen-bond donors (Lipinski definition) is 0. The van der Waals surface area contributed by atoms with Crippen molar-refractivity contribution in [1.29, 1.82) is 0 Å². The van der Waals surface area contributed by atoms with E-state index in [0.29, 0.717) is 18.7 Å². The molecule has 0 fully saturated rings. The van der Waals surface area contributed by atoms with Gasteiger partial charge in [0.15, 0.2) is 6.10 Å². The highest BCUT2D eigenvalue weighted by Gasteiger charge is 2.23. The van der Waals surface area contributed by atoms with Crippen LogP contribution in [0.3, 0.4) is 0 Å². The van der Waals surface area contributed by atoms with Crippen LogP contribution in [0.25, 0.3) is 0 Å². The molecule has 0 aromatic heterocycles. The van der Waals surface area contributed by atoms with Crippen molar-refractivity contribution in [1.82, 2.24) is 4.31 Å². The van der Waals surface area contributed by atoms with Gasteiger partial charge in [0.25, 0.3) is 0 Å². The predicted octanol–water partition coefficient (Wildman–Crippen LogP) is 3.15. The zero-order valence-corrected chi connectivity index (χ0v) is 16.4. The normalized spacial score (nSPS) is 12.6. The largest absolute Gasteiger partial charge is 0.451 e. The van der Waals surface area contributed by atoms with E-state index in [2.05, 4.69) is 0 Å². The lowest BCUT2D eigenvalue weighted by molar-refractivity contribution is 0.0318. The molecule has 0 spiro atoms. The highest BCUT2D eigenvalue weighted by Crippen LogP contribution is 2.17. The summed E-state index contributed by atoms with van der Waals surface area (Å²) >= 11 is 0. The van der Waals surface area contributed by atoms with Crippen LogP contribution in [-0.2, 0) is 14.8 Å². The molecule has 2 rings (SSSR count). The molecule has 2 aromatic rings. The maximum absolute atomic E-state index is 12.5. The fourth-order valence-electron chi connectivity index (χ4n) is 2.59. The Kier molecular flexibility index (Phi) is 6.87. The number of ketones is 1. The Hall–Kier alpha value is -2.51. The van der Waals surface area contributed by atoms with E-state index in [9.17, 15) is 18.0 Å². The molecule has 0 aliphatic rings. The summed E-state index contributed by atoms with van der Waals surface area (Å²) in [6.07, 6.45) is -0.945. The third-order valence-electron chi connectivity index (χ3n) is 4.14. The van der Waals surface area contributed by atoms with Crippen molar-refractivity contribution in [2.45, 2.75) is 31.8 Å². The zero-order chi connectivity index (χ0) is 20.0. The number of carbonyl (C=O) groups excluding carboxylic acids is 2. The number of carbonyl (C=O) groups is 2. The molecule has 0 heterocycles. The van der Waals surface area contributed by atoms with E-state index in [1.54, 1.807) is 44.2 Å². The lowest BCUT2D eigenvalue weighted by atomic mass is 10.1. The summed E-state index contributed by atoms with van der Waals surface area (Å²) in [5.41, 5.74) is 0.639. The monoisotopic (exact) mass is 389 g/mol. The summed E-state index contributed by atoms with van der Waals surface area (Å²) < 4.78 is 31.5. The van der Waals surface area contributed by atoms with Gasteiger partial charge in [-0.1, -0.05) is 44.2 Å². The number of Topliss-reactive ketones (excluding diaryl/α,β-unsaturated/α-hetero) is 1. The quantitative estimate of drug-likeness (QED) is 0.512. The van der Waals surface area contributed by atoms with E-state index < -0.39 is 22.1 Å². The topological polar surface area (TPSA) is 80.8 Å². The molecule has 2 aromatic carbocycles. The first-order valence-electron chi connectivity index (χ1n) is 8.71. The molecular weight excluding hydrogens is 366 g/mol. The van der Waals surface area contributed by atoms with Gasteiger partial charge in [0.05, 0.1) is 10.5 Å². The predicted molar refractivity (Wildman–Crippen MR) is 102 cm³/mol. The molecule has 27 heavy (non-hydrogen) atoms. The van der Waals surface area contributed by atoms with Gasteiger partial charge in [-0.15, -0.1) is 0 Å². The van der Waals surface area contributed by atoms with E-state index >= 15 is 0 Å². The van der Waals surface area contributed by atoms with Crippen LogP contribution in [0, 0.1) is 0 Å². The minimum Gasteiger partial charge on any atom is -0.451 e. The van der Waals surface area contributed by atoms with Crippen molar-refractivity contribution in [3.63, 3.8) is 0 Å². The lowest BCUT2D eigenvalue weighted by Crippen LogP contribution is -2.30. The molecule has 6 nitrogen and oxygen atoms in total. The van der Waals surface area contributed by atoms with Crippen LogP contribution in [-0.4, -0.2) is 43.7 Å². The lowest BCUT2D eigenvalue weighted by Gasteiger charge is -2.18. The first-order chi connectivity index (χ1) is 12.8. The molecule has 0 unspecified atom stereocenters. The molecule has 0 saturated carbocycles. The van der Waals surface area contributed by atoms with Crippen molar-refractivity contribution < 1.29 is 22.7 Å². The number of nitrogens with zero attached hydrogens (tertiary/aromatic N) is 1. The number of hydrogen-bond acceptors (Lipinski definition) is 5. The third kappa shape index (κ3) is 4.81. The molecule has 1 atom stereocenters. The fraction of sp³-hybridized carbons (Fsp3) is 0.300. The van der Waals surface area contributed by atoms with Gasteiger partial charge in [0.1, 0.15) is 0 Å². The second-order valence-corrected chi connectivity index (χ2v) is 7.83. The van der Waals surface area contributed by atoms with Crippen LogP contribution in [0.4, 0.5) is 0 Å². The summed E-state index contributed by atoms with van der Waals surface area (Å²) in [5, 5.41) is 0. The van der Waals surface area contributed by atoms with Crippen LogP contribution in [0.2, 0.25) is 0 Å². The maximum Gasteiger partial charge on any atom is 0.338 e. The Morgan fingerprint density at radius 1 is 0.926 bits per heavy atom. The molecule has 0 bridgehead atoms. The van der Waals surface area contributed by atoms with Crippen molar-refractivity contribution in [3.05, 3.63) is 65.7 Å². The van der Waals surface area contributed by atoms with Gasteiger partial charge >= 0.3 is 5.97 Å². The Morgan fingerprint density at radius 3 is 2.00 bits per heavy atom. The van der Waals surface area contributed by atoms with Crippen molar-refractivity contribution >= 4 is 21.8 Å². The molecule has 0 aliphatic carbocycles. The van der Waals surface area contributed by atoms with Crippen LogP contribution in [0.5, 0.6) is 0 Å². The van der Waals surface area contributed by atoms with Crippen molar-refractivity contribution in [2.75, 3.05) is 13.1 Å². The minimum atomic E-state index is -3.59. The standard InChI is InChI=1S/C20H23NO5S/c1-4-21(5-2)27(24,25)18-13-11-17(12-14-18)20(23)26-15(3)19(22)16-9-7-6-8-10-16/h6-15H,4-5H2,1-3H3/t15-/m0/s1. The summed E-state index contributed by atoms with van der Waals surface area (Å²) in [6.45, 7) is 5.76. The third-order valence-corrected chi connectivity index (χ3v) is 6.21. The smallest absolute Gasteiger partial charge is 0.338 e. The average molecular weight is 389 g/mol. The molecule has 0 saturated heterocycles. The van der Waals surface area contributed by atoms with E-state index in [1.807, 2.05) is 0 Å². The molecule has 7 heteroatoms. The van der Waals surface area contributed by atoms with E-state index in [0.717, 1.165) is 0 Å². The first kappa shape index (κ1) is 20.8. The van der Waals surface area contributed by atoms with Gasteiger partial charge in [-0.05, 0) is 31.2 Å². The van der Waals surface area contributed by atoms with Crippen molar-refractivity contribution in [3.8, 4) is 0 Å².